The Morgan fingerprint density at radius 3 is 2.58 bits per heavy atom. The maximum absolute atomic E-state index is 11.9. The first kappa shape index (κ1) is 19.3. The van der Waals surface area contributed by atoms with Crippen molar-refractivity contribution in [2.24, 2.45) is 5.92 Å². The highest BCUT2D eigenvalue weighted by atomic mass is 16.4. The molecule has 140 valence electrons. The highest BCUT2D eigenvalue weighted by Gasteiger charge is 2.22. The number of carbonyl (C=O) groups is 3. The molecule has 1 aromatic carbocycles. The predicted molar refractivity (Wildman–Crippen MR) is 97.8 cm³/mol. The second kappa shape index (κ2) is 8.89. The molecular formula is C18H24N4O4. The van der Waals surface area contributed by atoms with Crippen molar-refractivity contribution in [3.63, 3.8) is 0 Å². The number of aliphatic carboxylic acids is 1. The van der Waals surface area contributed by atoms with Crippen LogP contribution in [0.5, 0.6) is 0 Å². The minimum absolute atomic E-state index is 0.131. The van der Waals surface area contributed by atoms with E-state index in [1.807, 2.05) is 38.1 Å². The first-order valence-corrected chi connectivity index (χ1v) is 8.45. The maximum Gasteiger partial charge on any atom is 0.326 e. The summed E-state index contributed by atoms with van der Waals surface area (Å²) in [7, 11) is 0. The van der Waals surface area contributed by atoms with Crippen molar-refractivity contribution in [2.75, 3.05) is 13.1 Å². The summed E-state index contributed by atoms with van der Waals surface area (Å²) in [5, 5.41) is 17.7. The standard InChI is InChI=1S/C18H24N4O4/c1-11(2)8-20-16(23)10-21-18(26)22-15(17(24)25)7-12-9-19-14-6-4-3-5-13(12)14/h3-6,9,11,15,19H,7-8,10H2,1-2H3,(H,20,23)(H,24,25)(H2,21,22,26)/t15-/m1/s1. The second-order valence-electron chi connectivity index (χ2n) is 6.48. The van der Waals surface area contributed by atoms with E-state index >= 15 is 0 Å². The third-order valence-corrected chi connectivity index (χ3v) is 3.82. The molecule has 0 fully saturated rings. The quantitative estimate of drug-likeness (QED) is 0.486. The molecule has 0 bridgehead atoms. The van der Waals surface area contributed by atoms with Gasteiger partial charge in [0.05, 0.1) is 6.54 Å². The Bertz CT molecular complexity index is 784. The summed E-state index contributed by atoms with van der Waals surface area (Å²) < 4.78 is 0. The Morgan fingerprint density at radius 1 is 1.15 bits per heavy atom. The molecule has 1 aromatic heterocycles. The number of hydrogen-bond donors (Lipinski definition) is 5. The molecule has 0 unspecified atom stereocenters. The van der Waals surface area contributed by atoms with Crippen molar-refractivity contribution in [2.45, 2.75) is 26.3 Å². The van der Waals surface area contributed by atoms with Crippen LogP contribution >= 0.6 is 0 Å². The van der Waals surface area contributed by atoms with E-state index in [1.54, 1.807) is 6.20 Å². The summed E-state index contributed by atoms with van der Waals surface area (Å²) in [4.78, 5) is 38.1. The van der Waals surface area contributed by atoms with Crippen molar-refractivity contribution < 1.29 is 19.5 Å². The normalized spacial score (nSPS) is 12.0. The van der Waals surface area contributed by atoms with Crippen LogP contribution in [0.3, 0.4) is 0 Å². The van der Waals surface area contributed by atoms with Crippen molar-refractivity contribution in [1.82, 2.24) is 20.9 Å². The van der Waals surface area contributed by atoms with Crippen LogP contribution in [-0.4, -0.2) is 47.1 Å². The minimum atomic E-state index is -1.14. The number of fused-ring (bicyclic) bond motifs is 1. The topological polar surface area (TPSA) is 123 Å². The lowest BCUT2D eigenvalue weighted by Crippen LogP contribution is -2.49. The number of urea groups is 1. The Kier molecular flexibility index (Phi) is 6.60. The Labute approximate surface area is 151 Å². The minimum Gasteiger partial charge on any atom is -0.480 e. The number of carboxylic acid groups (broad SMARTS) is 1. The van der Waals surface area contributed by atoms with Crippen LogP contribution in [0, 0.1) is 5.92 Å². The highest BCUT2D eigenvalue weighted by Crippen LogP contribution is 2.19. The Balaban J connectivity index is 1.90. The highest BCUT2D eigenvalue weighted by molar-refractivity contribution is 5.88. The van der Waals surface area contributed by atoms with Crippen LogP contribution in [-0.2, 0) is 16.0 Å². The molecule has 2 rings (SSSR count). The molecular weight excluding hydrogens is 336 g/mol. The molecule has 8 nitrogen and oxygen atoms in total. The van der Waals surface area contributed by atoms with Crippen molar-refractivity contribution in [3.8, 4) is 0 Å². The Morgan fingerprint density at radius 2 is 1.88 bits per heavy atom. The van der Waals surface area contributed by atoms with Gasteiger partial charge in [-0.15, -0.1) is 0 Å². The molecule has 1 atom stereocenters. The smallest absolute Gasteiger partial charge is 0.326 e. The number of carboxylic acids is 1. The number of H-pyrrole nitrogens is 1. The molecule has 0 radical (unpaired) electrons. The molecule has 2 aromatic rings. The number of rotatable bonds is 8. The van der Waals surface area contributed by atoms with Crippen LogP contribution in [0.4, 0.5) is 4.79 Å². The first-order valence-electron chi connectivity index (χ1n) is 8.45. The number of hydrogen-bond acceptors (Lipinski definition) is 3. The first-order chi connectivity index (χ1) is 12.4. The molecule has 0 spiro atoms. The van der Waals surface area contributed by atoms with Gasteiger partial charge < -0.3 is 26.0 Å². The molecule has 26 heavy (non-hydrogen) atoms. The molecule has 3 amide bonds. The average Bonchev–Trinajstić information content (AvgIpc) is 3.00. The molecule has 0 saturated carbocycles. The predicted octanol–water partition coefficient (Wildman–Crippen LogP) is 1.24. The number of nitrogens with one attached hydrogen (secondary N) is 4. The van der Waals surface area contributed by atoms with E-state index in [0.717, 1.165) is 16.5 Å². The van der Waals surface area contributed by atoms with Gasteiger partial charge in [-0.2, -0.15) is 0 Å². The average molecular weight is 360 g/mol. The van der Waals surface area contributed by atoms with E-state index in [4.69, 9.17) is 0 Å². The lowest BCUT2D eigenvalue weighted by molar-refractivity contribution is -0.139. The number of para-hydroxylation sites is 1. The van der Waals surface area contributed by atoms with E-state index in [-0.39, 0.29) is 18.9 Å². The SMILES string of the molecule is CC(C)CNC(=O)CNC(=O)N[C@H](Cc1c[nH]c2ccccc12)C(=O)O. The van der Waals surface area contributed by atoms with Crippen LogP contribution in [0.2, 0.25) is 0 Å². The molecule has 5 N–H and O–H groups in total. The van der Waals surface area contributed by atoms with Gasteiger partial charge in [0.1, 0.15) is 6.04 Å². The van der Waals surface area contributed by atoms with Gasteiger partial charge in [0.15, 0.2) is 0 Å². The van der Waals surface area contributed by atoms with Gasteiger partial charge >= 0.3 is 12.0 Å². The number of benzene rings is 1. The molecule has 1 heterocycles. The molecule has 8 heteroatoms. The third-order valence-electron chi connectivity index (χ3n) is 3.82. The lowest BCUT2D eigenvalue weighted by Gasteiger charge is -2.15. The van der Waals surface area contributed by atoms with Crippen LogP contribution in [0.1, 0.15) is 19.4 Å². The van der Waals surface area contributed by atoms with Gasteiger partial charge in [-0.1, -0.05) is 32.0 Å². The number of amides is 3. The van der Waals surface area contributed by atoms with Gasteiger partial charge in [0, 0.05) is 30.1 Å². The van der Waals surface area contributed by atoms with Crippen molar-refractivity contribution in [3.05, 3.63) is 36.0 Å². The fraction of sp³-hybridized carbons (Fsp3) is 0.389. The van der Waals surface area contributed by atoms with Crippen molar-refractivity contribution >= 4 is 28.8 Å². The fourth-order valence-electron chi connectivity index (χ4n) is 2.47. The fourth-order valence-corrected chi connectivity index (χ4v) is 2.47. The van der Waals surface area contributed by atoms with E-state index in [2.05, 4.69) is 20.9 Å². The number of carbonyl (C=O) groups excluding carboxylic acids is 2. The summed E-state index contributed by atoms with van der Waals surface area (Å²) in [6.07, 6.45) is 1.87. The molecule has 0 saturated heterocycles. The van der Waals surface area contributed by atoms with Crippen LogP contribution < -0.4 is 16.0 Å². The Hall–Kier alpha value is -3.03. The van der Waals surface area contributed by atoms with Gasteiger partial charge in [-0.25, -0.2) is 9.59 Å². The molecule has 0 aliphatic carbocycles. The summed E-state index contributed by atoms with van der Waals surface area (Å²) in [6, 6.07) is 5.73. The summed E-state index contributed by atoms with van der Waals surface area (Å²) in [5.41, 5.74) is 1.70. The lowest BCUT2D eigenvalue weighted by atomic mass is 10.1. The number of aromatic nitrogens is 1. The molecule has 0 aliphatic rings. The maximum atomic E-state index is 11.9. The van der Waals surface area contributed by atoms with E-state index in [0.29, 0.717) is 12.5 Å². The van der Waals surface area contributed by atoms with Gasteiger partial charge in [-0.05, 0) is 17.5 Å². The largest absolute Gasteiger partial charge is 0.480 e. The zero-order valence-corrected chi connectivity index (χ0v) is 14.8. The number of aromatic amines is 1. The van der Waals surface area contributed by atoms with Crippen molar-refractivity contribution in [1.29, 1.82) is 0 Å². The summed E-state index contributed by atoms with van der Waals surface area (Å²) >= 11 is 0. The van der Waals surface area contributed by atoms with Crippen LogP contribution in [0.25, 0.3) is 10.9 Å². The van der Waals surface area contributed by atoms with E-state index in [1.165, 1.54) is 0 Å². The monoisotopic (exact) mass is 360 g/mol. The zero-order chi connectivity index (χ0) is 19.1. The summed E-state index contributed by atoms with van der Waals surface area (Å²) in [5.74, 6) is -1.16. The third kappa shape index (κ3) is 5.51. The van der Waals surface area contributed by atoms with E-state index in [9.17, 15) is 19.5 Å². The van der Waals surface area contributed by atoms with Gasteiger partial charge in [0.25, 0.3) is 0 Å². The van der Waals surface area contributed by atoms with E-state index < -0.39 is 18.0 Å². The van der Waals surface area contributed by atoms with Gasteiger partial charge in [0.2, 0.25) is 5.91 Å². The summed E-state index contributed by atoms with van der Waals surface area (Å²) in [6.45, 7) is 4.23. The molecule has 0 aliphatic heterocycles. The zero-order valence-electron chi connectivity index (χ0n) is 14.8. The van der Waals surface area contributed by atoms with Crippen LogP contribution in [0.15, 0.2) is 30.5 Å². The van der Waals surface area contributed by atoms with Gasteiger partial charge in [-0.3, -0.25) is 4.79 Å². The second-order valence-corrected chi connectivity index (χ2v) is 6.48.